The highest BCUT2D eigenvalue weighted by atomic mass is 32.1. The molecule has 2 heterocycles. The molecule has 0 saturated carbocycles. The largest absolute Gasteiger partial charge is 0.330 e. The van der Waals surface area contributed by atoms with Gasteiger partial charge in [0.25, 0.3) is 0 Å². The average Bonchev–Trinajstić information content (AvgIpc) is 2.80. The molecular formula is C10H13N3S. The summed E-state index contributed by atoms with van der Waals surface area (Å²) < 4.78 is 2.15. The Bertz CT molecular complexity index is 378. The van der Waals surface area contributed by atoms with Gasteiger partial charge in [-0.3, -0.25) is 0 Å². The molecule has 2 aromatic rings. The van der Waals surface area contributed by atoms with Crippen LogP contribution < -0.4 is 5.73 Å². The van der Waals surface area contributed by atoms with E-state index in [2.05, 4.69) is 26.4 Å². The van der Waals surface area contributed by atoms with Crippen LogP contribution in [0, 0.1) is 0 Å². The number of aromatic nitrogens is 2. The van der Waals surface area contributed by atoms with Crippen LogP contribution in [0.25, 0.3) is 0 Å². The van der Waals surface area contributed by atoms with Gasteiger partial charge in [-0.2, -0.15) is 11.3 Å². The lowest BCUT2D eigenvalue weighted by atomic mass is 10.3. The summed E-state index contributed by atoms with van der Waals surface area (Å²) in [5.41, 5.74) is 6.84. The number of hydrogen-bond donors (Lipinski definition) is 1. The maximum Gasteiger partial charge on any atom is 0.110 e. The van der Waals surface area contributed by atoms with Crippen LogP contribution in [-0.2, 0) is 13.0 Å². The van der Waals surface area contributed by atoms with Crippen molar-refractivity contribution in [3.63, 3.8) is 0 Å². The fraction of sp³-hybridized carbons (Fsp3) is 0.300. The van der Waals surface area contributed by atoms with Gasteiger partial charge in [-0.25, -0.2) is 4.98 Å². The molecule has 0 saturated heterocycles. The first-order valence-corrected chi connectivity index (χ1v) is 5.55. The van der Waals surface area contributed by atoms with Crippen molar-refractivity contribution in [3.8, 4) is 0 Å². The highest BCUT2D eigenvalue weighted by Crippen LogP contribution is 2.09. The lowest BCUT2D eigenvalue weighted by Crippen LogP contribution is -2.10. The molecule has 0 radical (unpaired) electrons. The van der Waals surface area contributed by atoms with E-state index in [0.717, 1.165) is 18.8 Å². The first kappa shape index (κ1) is 9.43. The molecule has 2 aromatic heterocycles. The minimum absolute atomic E-state index is 0.653. The van der Waals surface area contributed by atoms with Crippen molar-refractivity contribution in [2.45, 2.75) is 13.0 Å². The highest BCUT2D eigenvalue weighted by molar-refractivity contribution is 7.07. The van der Waals surface area contributed by atoms with Crippen LogP contribution in [0.3, 0.4) is 0 Å². The third-order valence-corrected chi connectivity index (χ3v) is 2.83. The summed E-state index contributed by atoms with van der Waals surface area (Å²) in [5, 5.41) is 4.25. The second-order valence-electron chi connectivity index (χ2n) is 3.14. The van der Waals surface area contributed by atoms with Gasteiger partial charge in [-0.15, -0.1) is 0 Å². The van der Waals surface area contributed by atoms with Crippen molar-refractivity contribution < 1.29 is 0 Å². The molecule has 0 bridgehead atoms. The number of rotatable bonds is 4. The van der Waals surface area contributed by atoms with E-state index < -0.39 is 0 Å². The molecule has 74 valence electrons. The summed E-state index contributed by atoms with van der Waals surface area (Å²) >= 11 is 1.72. The van der Waals surface area contributed by atoms with Gasteiger partial charge < -0.3 is 10.3 Å². The molecule has 3 nitrogen and oxygen atoms in total. The molecule has 0 atom stereocenters. The predicted octanol–water partition coefficient (Wildman–Crippen LogP) is 1.49. The molecule has 0 aliphatic carbocycles. The SMILES string of the molecule is NCCc1nccn1Cc1ccsc1. The maximum absolute atomic E-state index is 5.51. The van der Waals surface area contributed by atoms with Crippen LogP contribution in [-0.4, -0.2) is 16.1 Å². The first-order valence-electron chi connectivity index (χ1n) is 4.61. The van der Waals surface area contributed by atoms with Crippen LogP contribution in [0.5, 0.6) is 0 Å². The first-order chi connectivity index (χ1) is 6.90. The van der Waals surface area contributed by atoms with E-state index in [4.69, 9.17) is 5.73 Å². The van der Waals surface area contributed by atoms with E-state index >= 15 is 0 Å². The monoisotopic (exact) mass is 207 g/mol. The Morgan fingerprint density at radius 3 is 3.14 bits per heavy atom. The number of hydrogen-bond acceptors (Lipinski definition) is 3. The molecule has 0 aliphatic heterocycles. The van der Waals surface area contributed by atoms with Gasteiger partial charge in [0.05, 0.1) is 0 Å². The van der Waals surface area contributed by atoms with Gasteiger partial charge in [-0.1, -0.05) is 0 Å². The topological polar surface area (TPSA) is 43.8 Å². The zero-order valence-electron chi connectivity index (χ0n) is 7.89. The van der Waals surface area contributed by atoms with Crippen LogP contribution in [0.2, 0.25) is 0 Å². The van der Waals surface area contributed by atoms with Gasteiger partial charge in [0.1, 0.15) is 5.82 Å². The Kier molecular flexibility index (Phi) is 2.96. The molecule has 2 rings (SSSR count). The number of imidazole rings is 1. The molecule has 14 heavy (non-hydrogen) atoms. The number of thiophene rings is 1. The van der Waals surface area contributed by atoms with Crippen molar-refractivity contribution in [1.29, 1.82) is 0 Å². The Hall–Kier alpha value is -1.13. The lowest BCUT2D eigenvalue weighted by molar-refractivity contribution is 0.718. The third-order valence-electron chi connectivity index (χ3n) is 2.10. The van der Waals surface area contributed by atoms with Crippen molar-refractivity contribution in [3.05, 3.63) is 40.6 Å². The van der Waals surface area contributed by atoms with Crippen LogP contribution in [0.1, 0.15) is 11.4 Å². The van der Waals surface area contributed by atoms with Gasteiger partial charge >= 0.3 is 0 Å². The minimum Gasteiger partial charge on any atom is -0.330 e. The molecule has 0 aromatic carbocycles. The lowest BCUT2D eigenvalue weighted by Gasteiger charge is -2.04. The second kappa shape index (κ2) is 4.39. The van der Waals surface area contributed by atoms with Gasteiger partial charge in [0.15, 0.2) is 0 Å². The summed E-state index contributed by atoms with van der Waals surface area (Å²) in [6.45, 7) is 1.56. The van der Waals surface area contributed by atoms with E-state index in [1.165, 1.54) is 5.56 Å². The normalized spacial score (nSPS) is 10.6. The fourth-order valence-electron chi connectivity index (χ4n) is 1.42. The van der Waals surface area contributed by atoms with Gasteiger partial charge in [0.2, 0.25) is 0 Å². The zero-order valence-corrected chi connectivity index (χ0v) is 8.70. The van der Waals surface area contributed by atoms with E-state index in [1.54, 1.807) is 11.3 Å². The molecule has 0 spiro atoms. The van der Waals surface area contributed by atoms with E-state index in [9.17, 15) is 0 Å². The average molecular weight is 207 g/mol. The van der Waals surface area contributed by atoms with Crippen LogP contribution in [0.4, 0.5) is 0 Å². The Labute approximate surface area is 87.2 Å². The maximum atomic E-state index is 5.51. The second-order valence-corrected chi connectivity index (χ2v) is 3.92. The summed E-state index contributed by atoms with van der Waals surface area (Å²) in [6, 6.07) is 2.14. The number of nitrogens with zero attached hydrogens (tertiary/aromatic N) is 2. The summed E-state index contributed by atoms with van der Waals surface area (Å²) in [7, 11) is 0. The smallest absolute Gasteiger partial charge is 0.110 e. The summed E-state index contributed by atoms with van der Waals surface area (Å²) in [5.74, 6) is 1.07. The molecule has 0 fully saturated rings. The van der Waals surface area contributed by atoms with E-state index in [-0.39, 0.29) is 0 Å². The zero-order chi connectivity index (χ0) is 9.80. The third kappa shape index (κ3) is 2.02. The van der Waals surface area contributed by atoms with Gasteiger partial charge in [-0.05, 0) is 28.9 Å². The Morgan fingerprint density at radius 1 is 1.50 bits per heavy atom. The summed E-state index contributed by atoms with van der Waals surface area (Å²) in [4.78, 5) is 4.27. The molecule has 0 aliphatic rings. The minimum atomic E-state index is 0.653. The van der Waals surface area contributed by atoms with Crippen molar-refractivity contribution in [1.82, 2.24) is 9.55 Å². The standard InChI is InChI=1S/C10H13N3S/c11-3-1-10-12-4-5-13(10)7-9-2-6-14-8-9/h2,4-6,8H,1,3,7,11H2. The highest BCUT2D eigenvalue weighted by Gasteiger charge is 2.02. The molecule has 0 amide bonds. The Morgan fingerprint density at radius 2 is 2.43 bits per heavy atom. The molecule has 2 N–H and O–H groups in total. The van der Waals surface area contributed by atoms with Gasteiger partial charge in [0, 0.05) is 25.4 Å². The number of nitrogens with two attached hydrogens (primary N) is 1. The summed E-state index contributed by atoms with van der Waals surface area (Å²) in [6.07, 6.45) is 4.68. The van der Waals surface area contributed by atoms with Crippen molar-refractivity contribution in [2.24, 2.45) is 5.73 Å². The molecular weight excluding hydrogens is 194 g/mol. The molecule has 0 unspecified atom stereocenters. The predicted molar refractivity (Wildman–Crippen MR) is 58.4 cm³/mol. The van der Waals surface area contributed by atoms with E-state index in [1.807, 2.05) is 12.4 Å². The van der Waals surface area contributed by atoms with Crippen molar-refractivity contribution in [2.75, 3.05) is 6.54 Å². The fourth-order valence-corrected chi connectivity index (χ4v) is 2.08. The molecule has 4 heteroatoms. The quantitative estimate of drug-likeness (QED) is 0.825. The Balaban J connectivity index is 2.12. The van der Waals surface area contributed by atoms with Crippen LogP contribution >= 0.6 is 11.3 Å². The van der Waals surface area contributed by atoms with E-state index in [0.29, 0.717) is 6.54 Å². The van der Waals surface area contributed by atoms with Crippen LogP contribution in [0.15, 0.2) is 29.2 Å². The van der Waals surface area contributed by atoms with Crippen molar-refractivity contribution >= 4 is 11.3 Å².